The molecule has 0 aliphatic rings. The van der Waals surface area contributed by atoms with E-state index in [2.05, 4.69) is 9.71 Å². The Labute approximate surface area is 137 Å². The summed E-state index contributed by atoms with van der Waals surface area (Å²) in [5.41, 5.74) is 6.67. The highest BCUT2D eigenvalue weighted by Crippen LogP contribution is 2.33. The average Bonchev–Trinajstić information content (AvgIpc) is 2.74. The van der Waals surface area contributed by atoms with Crippen LogP contribution in [0, 0.1) is 0 Å². The molecule has 1 aromatic carbocycles. The highest BCUT2D eigenvalue weighted by Gasteiger charge is 2.23. The molecule has 0 unspecified atom stereocenters. The van der Waals surface area contributed by atoms with Crippen molar-refractivity contribution in [3.63, 3.8) is 0 Å². The van der Waals surface area contributed by atoms with Gasteiger partial charge in [-0.25, -0.2) is 13.4 Å². The molecule has 0 spiro atoms. The van der Waals surface area contributed by atoms with Gasteiger partial charge < -0.3 is 5.73 Å². The smallest absolute Gasteiger partial charge is 0.266 e. The van der Waals surface area contributed by atoms with E-state index in [0.29, 0.717) is 5.69 Å². The maximum absolute atomic E-state index is 12.4. The molecule has 21 heavy (non-hydrogen) atoms. The summed E-state index contributed by atoms with van der Waals surface area (Å²) >= 11 is 13.1. The molecule has 1 heterocycles. The summed E-state index contributed by atoms with van der Waals surface area (Å²) in [7, 11) is -3.93. The van der Waals surface area contributed by atoms with Crippen molar-refractivity contribution in [1.29, 1.82) is 0 Å². The second kappa shape index (κ2) is 6.00. The Morgan fingerprint density at radius 2 is 1.86 bits per heavy atom. The lowest BCUT2D eigenvalue weighted by molar-refractivity contribution is 0.601. The molecule has 2 aromatic rings. The van der Waals surface area contributed by atoms with E-state index in [9.17, 15) is 8.42 Å². The monoisotopic (exact) mass is 365 g/mol. The zero-order valence-electron chi connectivity index (χ0n) is 11.2. The Morgan fingerprint density at radius 3 is 2.33 bits per heavy atom. The Bertz CT molecular complexity index is 750. The summed E-state index contributed by atoms with van der Waals surface area (Å²) in [6, 6.07) is 2.67. The molecular weight excluding hydrogens is 353 g/mol. The van der Waals surface area contributed by atoms with Gasteiger partial charge in [0.05, 0.1) is 15.7 Å². The lowest BCUT2D eigenvalue weighted by atomic mass is 10.2. The Balaban J connectivity index is 2.38. The first-order chi connectivity index (χ1) is 9.70. The SMILES string of the molecule is CC(C)c1csc(NS(=O)(=O)c2c(Cl)cc(N)cc2Cl)n1. The lowest BCUT2D eigenvalue weighted by Crippen LogP contribution is -2.14. The van der Waals surface area contributed by atoms with E-state index in [1.807, 2.05) is 13.8 Å². The zero-order valence-corrected chi connectivity index (χ0v) is 14.4. The minimum atomic E-state index is -3.93. The molecule has 114 valence electrons. The van der Waals surface area contributed by atoms with Crippen LogP contribution >= 0.6 is 34.5 Å². The number of anilines is 2. The fourth-order valence-corrected chi connectivity index (χ4v) is 4.96. The van der Waals surface area contributed by atoms with Gasteiger partial charge in [-0.05, 0) is 18.1 Å². The van der Waals surface area contributed by atoms with Gasteiger partial charge in [0.25, 0.3) is 10.0 Å². The van der Waals surface area contributed by atoms with E-state index >= 15 is 0 Å². The molecule has 0 atom stereocenters. The van der Waals surface area contributed by atoms with Crippen LogP contribution in [-0.4, -0.2) is 13.4 Å². The summed E-state index contributed by atoms with van der Waals surface area (Å²) < 4.78 is 27.1. The molecule has 0 amide bonds. The number of hydrogen-bond acceptors (Lipinski definition) is 5. The summed E-state index contributed by atoms with van der Waals surface area (Å²) in [4.78, 5) is 4.01. The highest BCUT2D eigenvalue weighted by atomic mass is 35.5. The van der Waals surface area contributed by atoms with Crippen molar-refractivity contribution in [2.24, 2.45) is 0 Å². The van der Waals surface area contributed by atoms with Gasteiger partial charge in [-0.15, -0.1) is 11.3 Å². The van der Waals surface area contributed by atoms with Crippen molar-refractivity contribution < 1.29 is 8.42 Å². The molecule has 0 radical (unpaired) electrons. The van der Waals surface area contributed by atoms with Crippen molar-refractivity contribution in [3.05, 3.63) is 33.3 Å². The molecule has 0 saturated heterocycles. The second-order valence-electron chi connectivity index (χ2n) is 4.65. The Hall–Kier alpha value is -1.02. The minimum Gasteiger partial charge on any atom is -0.399 e. The Kier molecular flexibility index (Phi) is 4.67. The number of thiazole rings is 1. The van der Waals surface area contributed by atoms with Crippen LogP contribution in [0.15, 0.2) is 22.4 Å². The van der Waals surface area contributed by atoms with Crippen molar-refractivity contribution in [1.82, 2.24) is 4.98 Å². The van der Waals surface area contributed by atoms with E-state index in [1.54, 1.807) is 5.38 Å². The fourth-order valence-electron chi connectivity index (χ4n) is 1.60. The molecule has 1 aromatic heterocycles. The molecule has 3 N–H and O–H groups in total. The number of nitrogens with one attached hydrogen (secondary N) is 1. The number of nitrogens with zero attached hydrogens (tertiary/aromatic N) is 1. The van der Waals surface area contributed by atoms with Crippen LogP contribution in [0.3, 0.4) is 0 Å². The number of aromatic nitrogens is 1. The third-order valence-corrected chi connectivity index (χ3v) is 5.79. The quantitative estimate of drug-likeness (QED) is 0.802. The third kappa shape index (κ3) is 3.60. The van der Waals surface area contributed by atoms with Crippen molar-refractivity contribution >= 4 is 55.4 Å². The molecule has 0 bridgehead atoms. The summed E-state index contributed by atoms with van der Waals surface area (Å²) in [5, 5.41) is 2.00. The molecule has 0 aliphatic heterocycles. The van der Waals surface area contributed by atoms with E-state index in [-0.39, 0.29) is 26.0 Å². The Morgan fingerprint density at radius 1 is 1.29 bits per heavy atom. The lowest BCUT2D eigenvalue weighted by Gasteiger charge is -2.10. The van der Waals surface area contributed by atoms with Gasteiger partial charge in [0.15, 0.2) is 5.13 Å². The maximum atomic E-state index is 12.4. The van der Waals surface area contributed by atoms with Crippen LogP contribution in [0.5, 0.6) is 0 Å². The van der Waals surface area contributed by atoms with E-state index in [4.69, 9.17) is 28.9 Å². The summed E-state index contributed by atoms with van der Waals surface area (Å²) in [5.74, 6) is 0.211. The molecule has 9 heteroatoms. The van der Waals surface area contributed by atoms with Gasteiger partial charge in [0.2, 0.25) is 0 Å². The number of halogens is 2. The van der Waals surface area contributed by atoms with Crippen molar-refractivity contribution in [2.75, 3.05) is 10.5 Å². The summed E-state index contributed by atoms with van der Waals surface area (Å²) in [6.07, 6.45) is 0. The molecule has 2 rings (SSSR count). The van der Waals surface area contributed by atoms with Crippen LogP contribution in [-0.2, 0) is 10.0 Å². The molecule has 5 nitrogen and oxygen atoms in total. The molecule has 0 saturated carbocycles. The number of hydrogen-bond donors (Lipinski definition) is 2. The van der Waals surface area contributed by atoms with Gasteiger partial charge in [0, 0.05) is 11.1 Å². The maximum Gasteiger partial charge on any atom is 0.266 e. The first kappa shape index (κ1) is 16.4. The number of rotatable bonds is 4. The molecular formula is C12H13Cl2N3O2S2. The number of nitrogens with two attached hydrogens (primary N) is 1. The van der Waals surface area contributed by atoms with Crippen LogP contribution in [0.25, 0.3) is 0 Å². The molecule has 0 fully saturated rings. The number of sulfonamides is 1. The van der Waals surface area contributed by atoms with Crippen LogP contribution < -0.4 is 10.5 Å². The highest BCUT2D eigenvalue weighted by molar-refractivity contribution is 7.93. The third-order valence-electron chi connectivity index (χ3n) is 2.62. The topological polar surface area (TPSA) is 85.1 Å². The van der Waals surface area contributed by atoms with Gasteiger partial charge in [-0.1, -0.05) is 37.0 Å². The van der Waals surface area contributed by atoms with Crippen molar-refractivity contribution in [2.45, 2.75) is 24.7 Å². The predicted molar refractivity (Wildman–Crippen MR) is 87.9 cm³/mol. The van der Waals surface area contributed by atoms with Crippen LogP contribution in [0.1, 0.15) is 25.5 Å². The van der Waals surface area contributed by atoms with E-state index in [0.717, 1.165) is 5.69 Å². The van der Waals surface area contributed by atoms with E-state index in [1.165, 1.54) is 23.5 Å². The first-order valence-electron chi connectivity index (χ1n) is 5.93. The van der Waals surface area contributed by atoms with Crippen molar-refractivity contribution in [3.8, 4) is 0 Å². The van der Waals surface area contributed by atoms with Crippen LogP contribution in [0.4, 0.5) is 10.8 Å². The van der Waals surface area contributed by atoms with Crippen LogP contribution in [0.2, 0.25) is 10.0 Å². The molecule has 0 aliphatic carbocycles. The zero-order chi connectivity index (χ0) is 15.8. The predicted octanol–water partition coefficient (Wildman–Crippen LogP) is 3.96. The summed E-state index contributed by atoms with van der Waals surface area (Å²) in [6.45, 7) is 3.95. The second-order valence-corrected chi connectivity index (χ2v) is 7.94. The number of benzene rings is 1. The van der Waals surface area contributed by atoms with Gasteiger partial charge in [0.1, 0.15) is 4.90 Å². The van der Waals surface area contributed by atoms with Gasteiger partial charge in [-0.3, -0.25) is 4.72 Å². The minimum absolute atomic E-state index is 0.0341. The van der Waals surface area contributed by atoms with E-state index < -0.39 is 10.0 Å². The normalized spacial score (nSPS) is 11.9. The number of nitrogen functional groups attached to an aromatic ring is 1. The first-order valence-corrected chi connectivity index (χ1v) is 9.05. The average molecular weight is 366 g/mol. The fraction of sp³-hybridized carbons (Fsp3) is 0.250. The largest absolute Gasteiger partial charge is 0.399 e. The standard InChI is InChI=1S/C12H13Cl2N3O2S2/c1-6(2)10-5-20-12(16-10)17-21(18,19)11-8(13)3-7(15)4-9(11)14/h3-6H,15H2,1-2H3,(H,16,17). The van der Waals surface area contributed by atoms with Gasteiger partial charge >= 0.3 is 0 Å². The van der Waals surface area contributed by atoms with Gasteiger partial charge in [-0.2, -0.15) is 0 Å².